The third kappa shape index (κ3) is 2.15. The van der Waals surface area contributed by atoms with Crippen LogP contribution in [0.15, 0.2) is 29.2 Å². The highest BCUT2D eigenvalue weighted by atomic mass is 32.2. The van der Waals surface area contributed by atoms with Crippen molar-refractivity contribution in [2.24, 2.45) is 0 Å². The molecule has 1 saturated heterocycles. The Morgan fingerprint density at radius 3 is 2.71 bits per heavy atom. The van der Waals surface area contributed by atoms with Gasteiger partial charge in [0.2, 0.25) is 10.0 Å². The summed E-state index contributed by atoms with van der Waals surface area (Å²) in [4.78, 5) is -0.0969. The van der Waals surface area contributed by atoms with Gasteiger partial charge in [-0.25, -0.2) is 8.42 Å². The number of aliphatic hydroxyl groups is 1. The first-order chi connectivity index (χ1) is 8.07. The third-order valence-corrected chi connectivity index (χ3v) is 4.98. The first-order valence-corrected chi connectivity index (χ1v) is 6.92. The molecule has 0 bridgehead atoms. The fraction of sp³-hybridized carbons (Fsp3) is 0.455. The summed E-state index contributed by atoms with van der Waals surface area (Å²) in [7, 11) is -3.71. The zero-order chi connectivity index (χ0) is 12.5. The van der Waals surface area contributed by atoms with Crippen LogP contribution in [0.5, 0.6) is 5.75 Å². The highest BCUT2D eigenvalue weighted by Crippen LogP contribution is 2.30. The van der Waals surface area contributed by atoms with Gasteiger partial charge in [-0.1, -0.05) is 12.1 Å². The molecule has 17 heavy (non-hydrogen) atoms. The number of hydrogen-bond acceptors (Lipinski definition) is 4. The molecule has 1 aromatic rings. The largest absolute Gasteiger partial charge is 0.507 e. The van der Waals surface area contributed by atoms with E-state index in [-0.39, 0.29) is 23.3 Å². The maximum Gasteiger partial charge on any atom is 0.247 e. The fourth-order valence-electron chi connectivity index (χ4n) is 2.11. The van der Waals surface area contributed by atoms with Gasteiger partial charge in [-0.2, -0.15) is 4.31 Å². The van der Waals surface area contributed by atoms with E-state index < -0.39 is 10.0 Å². The van der Waals surface area contributed by atoms with Crippen molar-refractivity contribution in [3.8, 4) is 5.75 Å². The van der Waals surface area contributed by atoms with E-state index in [1.54, 1.807) is 12.1 Å². The van der Waals surface area contributed by atoms with Crippen molar-refractivity contribution in [2.75, 3.05) is 13.2 Å². The van der Waals surface area contributed by atoms with Crippen LogP contribution in [0.1, 0.15) is 12.8 Å². The van der Waals surface area contributed by atoms with E-state index in [1.807, 2.05) is 0 Å². The Balaban J connectivity index is 2.40. The van der Waals surface area contributed by atoms with E-state index in [9.17, 15) is 13.5 Å². The van der Waals surface area contributed by atoms with E-state index in [0.717, 1.165) is 6.42 Å². The predicted octanol–water partition coefficient (Wildman–Crippen LogP) is 0.538. The molecular formula is C11H15NO4S. The monoisotopic (exact) mass is 257 g/mol. The van der Waals surface area contributed by atoms with Gasteiger partial charge in [0.05, 0.1) is 6.61 Å². The van der Waals surface area contributed by atoms with Crippen LogP contribution in [0.2, 0.25) is 0 Å². The normalized spacial score (nSPS) is 21.8. The Hall–Kier alpha value is -1.11. The molecule has 1 atom stereocenters. The minimum atomic E-state index is -3.71. The van der Waals surface area contributed by atoms with Gasteiger partial charge in [0.15, 0.2) is 0 Å². The number of phenolic OH excluding ortho intramolecular Hbond substituents is 1. The van der Waals surface area contributed by atoms with Crippen molar-refractivity contribution in [2.45, 2.75) is 23.8 Å². The van der Waals surface area contributed by atoms with E-state index in [1.165, 1.54) is 16.4 Å². The van der Waals surface area contributed by atoms with Gasteiger partial charge < -0.3 is 10.2 Å². The van der Waals surface area contributed by atoms with Crippen molar-refractivity contribution in [3.05, 3.63) is 24.3 Å². The Bertz CT molecular complexity index is 500. The van der Waals surface area contributed by atoms with Gasteiger partial charge in [-0.05, 0) is 25.0 Å². The zero-order valence-electron chi connectivity index (χ0n) is 9.28. The fourth-order valence-corrected chi connectivity index (χ4v) is 3.88. The van der Waals surface area contributed by atoms with Crippen LogP contribution in [-0.2, 0) is 10.0 Å². The molecule has 1 fully saturated rings. The molecule has 0 unspecified atom stereocenters. The smallest absolute Gasteiger partial charge is 0.247 e. The first kappa shape index (κ1) is 12.3. The van der Waals surface area contributed by atoms with Gasteiger partial charge in [-0.15, -0.1) is 0 Å². The summed E-state index contributed by atoms with van der Waals surface area (Å²) in [5.41, 5.74) is 0. The molecule has 0 aromatic heterocycles. The molecule has 0 aliphatic carbocycles. The lowest BCUT2D eigenvalue weighted by molar-refractivity contribution is 0.213. The molecule has 1 aromatic carbocycles. The summed E-state index contributed by atoms with van der Waals surface area (Å²) in [5.74, 6) is -0.254. The molecule has 0 radical (unpaired) electrons. The summed E-state index contributed by atoms with van der Waals surface area (Å²) in [6.07, 6.45) is 1.39. The number of sulfonamides is 1. The molecule has 5 nitrogen and oxygen atoms in total. The average molecular weight is 257 g/mol. The maximum absolute atomic E-state index is 12.3. The SMILES string of the molecule is O=S(=O)(c1ccccc1O)N1CCC[C@H]1CO. The lowest BCUT2D eigenvalue weighted by atomic mass is 10.2. The summed E-state index contributed by atoms with van der Waals surface area (Å²) in [5, 5.41) is 18.7. The number of aromatic hydroxyl groups is 1. The van der Waals surface area contributed by atoms with E-state index >= 15 is 0 Å². The number of nitrogens with zero attached hydrogens (tertiary/aromatic N) is 1. The second-order valence-corrected chi connectivity index (χ2v) is 5.92. The molecule has 1 aliphatic heterocycles. The van der Waals surface area contributed by atoms with Crippen molar-refractivity contribution < 1.29 is 18.6 Å². The molecule has 1 aliphatic rings. The van der Waals surface area contributed by atoms with Crippen LogP contribution >= 0.6 is 0 Å². The third-order valence-electron chi connectivity index (χ3n) is 2.99. The van der Waals surface area contributed by atoms with Gasteiger partial charge in [0, 0.05) is 12.6 Å². The minimum absolute atomic E-state index is 0.0969. The summed E-state index contributed by atoms with van der Waals surface area (Å²) in [6, 6.07) is 5.48. The molecular weight excluding hydrogens is 242 g/mol. The quantitative estimate of drug-likeness (QED) is 0.828. The summed E-state index contributed by atoms with van der Waals surface area (Å²) < 4.78 is 25.8. The number of rotatable bonds is 3. The molecule has 1 heterocycles. The average Bonchev–Trinajstić information content (AvgIpc) is 2.78. The molecule has 0 saturated carbocycles. The van der Waals surface area contributed by atoms with E-state index in [4.69, 9.17) is 5.11 Å². The van der Waals surface area contributed by atoms with Crippen molar-refractivity contribution in [1.29, 1.82) is 0 Å². The summed E-state index contributed by atoms with van der Waals surface area (Å²) >= 11 is 0. The molecule has 6 heteroatoms. The first-order valence-electron chi connectivity index (χ1n) is 5.48. The lowest BCUT2D eigenvalue weighted by Crippen LogP contribution is -2.37. The number of hydrogen-bond donors (Lipinski definition) is 2. The molecule has 94 valence electrons. The zero-order valence-corrected chi connectivity index (χ0v) is 10.1. The van der Waals surface area contributed by atoms with Crippen LogP contribution in [0.4, 0.5) is 0 Å². The molecule has 2 rings (SSSR count). The lowest BCUT2D eigenvalue weighted by Gasteiger charge is -2.22. The molecule has 0 spiro atoms. The second-order valence-electron chi connectivity index (χ2n) is 4.06. The van der Waals surface area contributed by atoms with Crippen molar-refractivity contribution in [3.63, 3.8) is 0 Å². The Kier molecular flexibility index (Phi) is 3.37. The highest BCUT2D eigenvalue weighted by Gasteiger charge is 2.35. The van der Waals surface area contributed by atoms with Gasteiger partial charge in [0.1, 0.15) is 10.6 Å². The van der Waals surface area contributed by atoms with Crippen LogP contribution < -0.4 is 0 Å². The topological polar surface area (TPSA) is 77.8 Å². The second kappa shape index (κ2) is 4.64. The van der Waals surface area contributed by atoms with E-state index in [2.05, 4.69) is 0 Å². The standard InChI is InChI=1S/C11H15NO4S/c13-8-9-4-3-7-12(9)17(15,16)11-6-2-1-5-10(11)14/h1-2,5-6,9,13-14H,3-4,7-8H2/t9-/m0/s1. The van der Waals surface area contributed by atoms with Gasteiger partial charge in [-0.3, -0.25) is 0 Å². The Morgan fingerprint density at radius 2 is 2.06 bits per heavy atom. The van der Waals surface area contributed by atoms with Crippen molar-refractivity contribution in [1.82, 2.24) is 4.31 Å². The minimum Gasteiger partial charge on any atom is -0.507 e. The number of para-hydroxylation sites is 1. The number of phenols is 1. The van der Waals surface area contributed by atoms with Gasteiger partial charge in [0.25, 0.3) is 0 Å². The van der Waals surface area contributed by atoms with Crippen LogP contribution in [-0.4, -0.2) is 42.1 Å². The highest BCUT2D eigenvalue weighted by molar-refractivity contribution is 7.89. The Morgan fingerprint density at radius 1 is 1.35 bits per heavy atom. The maximum atomic E-state index is 12.3. The molecule has 2 N–H and O–H groups in total. The van der Waals surface area contributed by atoms with Crippen LogP contribution in [0.25, 0.3) is 0 Å². The predicted molar refractivity (Wildman–Crippen MR) is 62.1 cm³/mol. The van der Waals surface area contributed by atoms with Crippen LogP contribution in [0.3, 0.4) is 0 Å². The number of benzene rings is 1. The Labute approximate surface area is 100 Å². The van der Waals surface area contributed by atoms with Crippen LogP contribution in [0, 0.1) is 0 Å². The summed E-state index contributed by atoms with van der Waals surface area (Å²) in [6.45, 7) is 0.203. The van der Waals surface area contributed by atoms with E-state index in [0.29, 0.717) is 13.0 Å². The van der Waals surface area contributed by atoms with Gasteiger partial charge >= 0.3 is 0 Å². The number of aliphatic hydroxyl groups excluding tert-OH is 1. The van der Waals surface area contributed by atoms with Crippen molar-refractivity contribution >= 4 is 10.0 Å². The molecule has 0 amide bonds.